The number of thiophene rings is 1. The second-order valence-electron chi connectivity index (χ2n) is 6.27. The Balaban J connectivity index is 1.50. The molecule has 6 nitrogen and oxygen atoms in total. The van der Waals surface area contributed by atoms with Crippen LogP contribution in [0.2, 0.25) is 0 Å². The normalized spacial score (nSPS) is 19.0. The number of oxazole rings is 1. The van der Waals surface area contributed by atoms with E-state index in [1.54, 1.807) is 24.0 Å². The van der Waals surface area contributed by atoms with Crippen LogP contribution in [-0.2, 0) is 13.1 Å². The summed E-state index contributed by atoms with van der Waals surface area (Å²) in [6, 6.07) is 2.52. The van der Waals surface area contributed by atoms with Crippen LogP contribution in [0.4, 0.5) is 0 Å². The molecule has 0 spiro atoms. The maximum Gasteiger partial charge on any atom is 0.227 e. The van der Waals surface area contributed by atoms with E-state index < -0.39 is 0 Å². The summed E-state index contributed by atoms with van der Waals surface area (Å²) < 4.78 is 7.81. The predicted molar refractivity (Wildman–Crippen MR) is 92.6 cm³/mol. The Hall–Kier alpha value is -1.99. The third kappa shape index (κ3) is 3.27. The van der Waals surface area contributed by atoms with Crippen molar-refractivity contribution in [2.75, 3.05) is 6.54 Å². The van der Waals surface area contributed by atoms with Gasteiger partial charge >= 0.3 is 0 Å². The Morgan fingerprint density at radius 1 is 1.38 bits per heavy atom. The summed E-state index contributed by atoms with van der Waals surface area (Å²) >= 11 is 1.66. The fourth-order valence-corrected chi connectivity index (χ4v) is 3.92. The van der Waals surface area contributed by atoms with Crippen LogP contribution in [-0.4, -0.2) is 37.2 Å². The van der Waals surface area contributed by atoms with Gasteiger partial charge in [-0.25, -0.2) is 9.97 Å². The highest BCUT2D eigenvalue weighted by molar-refractivity contribution is 7.08. The van der Waals surface area contributed by atoms with Crippen molar-refractivity contribution in [3.8, 4) is 11.5 Å². The molecular weight excluding hydrogens is 322 g/mol. The first-order valence-corrected chi connectivity index (χ1v) is 9.29. The van der Waals surface area contributed by atoms with Crippen LogP contribution >= 0.6 is 11.3 Å². The first kappa shape index (κ1) is 15.5. The van der Waals surface area contributed by atoms with Crippen LogP contribution in [0.25, 0.3) is 11.5 Å². The topological polar surface area (TPSA) is 60.0 Å². The van der Waals surface area contributed by atoms with Crippen LogP contribution in [0.1, 0.15) is 30.7 Å². The number of nitrogens with zero attached hydrogens (tertiary/aromatic N) is 5. The van der Waals surface area contributed by atoms with Crippen LogP contribution in [0.15, 0.2) is 33.9 Å². The predicted octanol–water partition coefficient (Wildman–Crippen LogP) is 3.36. The van der Waals surface area contributed by atoms with E-state index in [0.29, 0.717) is 6.04 Å². The van der Waals surface area contributed by atoms with Crippen molar-refractivity contribution in [3.63, 3.8) is 0 Å². The molecule has 0 N–H and O–H groups in total. The minimum atomic E-state index is 0.473. The molecule has 3 aromatic rings. The summed E-state index contributed by atoms with van der Waals surface area (Å²) in [6.45, 7) is 4.82. The summed E-state index contributed by atoms with van der Waals surface area (Å²) in [5.41, 5.74) is 2.11. The summed E-state index contributed by atoms with van der Waals surface area (Å²) in [5, 5.41) is 8.37. The SMILES string of the molecule is Cc1oc(-c2ccsc2)nc1CN1CCCCC1Cn1cncn1. The van der Waals surface area contributed by atoms with Crippen molar-refractivity contribution < 1.29 is 4.42 Å². The van der Waals surface area contributed by atoms with Gasteiger partial charge in [-0.15, -0.1) is 0 Å². The van der Waals surface area contributed by atoms with Gasteiger partial charge in [0.2, 0.25) is 5.89 Å². The van der Waals surface area contributed by atoms with Gasteiger partial charge in [0.25, 0.3) is 0 Å². The zero-order valence-corrected chi connectivity index (χ0v) is 14.6. The van der Waals surface area contributed by atoms with Crippen LogP contribution in [0.5, 0.6) is 0 Å². The van der Waals surface area contributed by atoms with E-state index in [1.807, 2.05) is 23.1 Å². The lowest BCUT2D eigenvalue weighted by molar-refractivity contribution is 0.120. The third-order valence-electron chi connectivity index (χ3n) is 4.63. The largest absolute Gasteiger partial charge is 0.441 e. The molecule has 1 unspecified atom stereocenters. The number of likely N-dealkylation sites (tertiary alicyclic amines) is 1. The molecule has 7 heteroatoms. The average molecular weight is 343 g/mol. The van der Waals surface area contributed by atoms with Crippen molar-refractivity contribution in [2.45, 2.75) is 45.3 Å². The average Bonchev–Trinajstić information content (AvgIpc) is 3.32. The van der Waals surface area contributed by atoms with Crippen molar-refractivity contribution in [1.29, 1.82) is 0 Å². The Bertz CT molecular complexity index is 765. The number of hydrogen-bond donors (Lipinski definition) is 0. The molecule has 1 fully saturated rings. The maximum absolute atomic E-state index is 5.88. The van der Waals surface area contributed by atoms with Gasteiger partial charge < -0.3 is 4.42 Å². The zero-order chi connectivity index (χ0) is 16.4. The molecule has 3 aromatic heterocycles. The van der Waals surface area contributed by atoms with Gasteiger partial charge in [0.15, 0.2) is 0 Å². The lowest BCUT2D eigenvalue weighted by atomic mass is 10.0. The van der Waals surface area contributed by atoms with Gasteiger partial charge in [-0.3, -0.25) is 9.58 Å². The molecule has 0 aliphatic carbocycles. The Morgan fingerprint density at radius 3 is 3.12 bits per heavy atom. The van der Waals surface area contributed by atoms with E-state index in [-0.39, 0.29) is 0 Å². The molecule has 1 aliphatic heterocycles. The summed E-state index contributed by atoms with van der Waals surface area (Å²) in [7, 11) is 0. The van der Waals surface area contributed by atoms with Crippen molar-refractivity contribution in [1.82, 2.24) is 24.6 Å². The van der Waals surface area contributed by atoms with E-state index in [1.165, 1.54) is 19.3 Å². The number of aryl methyl sites for hydroxylation is 1. The van der Waals surface area contributed by atoms with Gasteiger partial charge in [0.05, 0.1) is 12.2 Å². The van der Waals surface area contributed by atoms with Crippen molar-refractivity contribution in [2.24, 2.45) is 0 Å². The molecule has 0 aromatic carbocycles. The van der Waals surface area contributed by atoms with Crippen LogP contribution < -0.4 is 0 Å². The maximum atomic E-state index is 5.88. The van der Waals surface area contributed by atoms with Crippen molar-refractivity contribution in [3.05, 3.63) is 40.9 Å². The molecule has 1 atom stereocenters. The standard InChI is InChI=1S/C17H21N5OS/c1-13-16(20-17(23-13)14-5-7-24-10-14)9-21-6-3-2-4-15(21)8-22-12-18-11-19-22/h5,7,10-12,15H,2-4,6,8-9H2,1H3. The lowest BCUT2D eigenvalue weighted by Gasteiger charge is -2.35. The molecule has 0 radical (unpaired) electrons. The molecule has 24 heavy (non-hydrogen) atoms. The molecule has 0 amide bonds. The molecule has 0 saturated carbocycles. The lowest BCUT2D eigenvalue weighted by Crippen LogP contribution is -2.41. The summed E-state index contributed by atoms with van der Waals surface area (Å²) in [6.07, 6.45) is 7.09. The van der Waals surface area contributed by atoms with Crippen LogP contribution in [0.3, 0.4) is 0 Å². The summed E-state index contributed by atoms with van der Waals surface area (Å²) in [4.78, 5) is 11.3. The van der Waals surface area contributed by atoms with Gasteiger partial charge in [-0.05, 0) is 37.8 Å². The van der Waals surface area contributed by atoms with E-state index in [4.69, 9.17) is 9.40 Å². The van der Waals surface area contributed by atoms with E-state index in [9.17, 15) is 0 Å². The van der Waals surface area contributed by atoms with E-state index in [0.717, 1.165) is 42.5 Å². The summed E-state index contributed by atoms with van der Waals surface area (Å²) in [5.74, 6) is 1.65. The minimum absolute atomic E-state index is 0.473. The molecule has 126 valence electrons. The second kappa shape index (κ2) is 6.86. The smallest absolute Gasteiger partial charge is 0.227 e. The third-order valence-corrected chi connectivity index (χ3v) is 5.31. The number of piperidine rings is 1. The monoisotopic (exact) mass is 343 g/mol. The molecule has 1 aliphatic rings. The minimum Gasteiger partial charge on any atom is -0.441 e. The van der Waals surface area contributed by atoms with Gasteiger partial charge in [0.1, 0.15) is 18.4 Å². The zero-order valence-electron chi connectivity index (χ0n) is 13.8. The van der Waals surface area contributed by atoms with E-state index in [2.05, 4.69) is 20.4 Å². The Labute approximate surface area is 145 Å². The highest BCUT2D eigenvalue weighted by atomic mass is 32.1. The second-order valence-corrected chi connectivity index (χ2v) is 7.05. The first-order chi connectivity index (χ1) is 11.8. The van der Waals surface area contributed by atoms with Gasteiger partial charge in [-0.2, -0.15) is 16.4 Å². The van der Waals surface area contributed by atoms with E-state index >= 15 is 0 Å². The van der Waals surface area contributed by atoms with Gasteiger partial charge in [-0.1, -0.05) is 6.42 Å². The number of hydrogen-bond acceptors (Lipinski definition) is 6. The number of rotatable bonds is 5. The van der Waals surface area contributed by atoms with Crippen molar-refractivity contribution >= 4 is 11.3 Å². The fourth-order valence-electron chi connectivity index (χ4n) is 3.29. The van der Waals surface area contributed by atoms with Gasteiger partial charge in [0, 0.05) is 23.5 Å². The molecule has 4 rings (SSSR count). The molecule has 1 saturated heterocycles. The molecule has 4 heterocycles. The quantitative estimate of drug-likeness (QED) is 0.711. The highest BCUT2D eigenvalue weighted by Crippen LogP contribution is 2.26. The first-order valence-electron chi connectivity index (χ1n) is 8.35. The Kier molecular flexibility index (Phi) is 4.44. The Morgan fingerprint density at radius 2 is 2.33 bits per heavy atom. The van der Waals surface area contributed by atoms with Crippen LogP contribution in [0, 0.1) is 6.92 Å². The fraction of sp³-hybridized carbons (Fsp3) is 0.471. The number of aromatic nitrogens is 4. The molecule has 0 bridgehead atoms. The molecular formula is C17H21N5OS. The highest BCUT2D eigenvalue weighted by Gasteiger charge is 2.25.